The molecule has 144 valence electrons. The van der Waals surface area contributed by atoms with E-state index in [-0.39, 0.29) is 22.0 Å². The van der Waals surface area contributed by atoms with Crippen LogP contribution in [0.15, 0.2) is 18.2 Å². The van der Waals surface area contributed by atoms with Crippen molar-refractivity contribution in [1.82, 2.24) is 9.78 Å². The average molecular weight is 394 g/mol. The van der Waals surface area contributed by atoms with Crippen LogP contribution in [0, 0.1) is 24.0 Å². The Morgan fingerprint density at radius 1 is 1.33 bits per heavy atom. The van der Waals surface area contributed by atoms with Crippen molar-refractivity contribution in [2.45, 2.75) is 40.2 Å². The predicted molar refractivity (Wildman–Crippen MR) is 99.3 cm³/mol. The van der Waals surface area contributed by atoms with E-state index in [9.17, 15) is 19.7 Å². The van der Waals surface area contributed by atoms with E-state index in [0.717, 1.165) is 12.8 Å². The second-order valence-corrected chi connectivity index (χ2v) is 6.44. The van der Waals surface area contributed by atoms with Gasteiger partial charge in [-0.25, -0.2) is 4.79 Å². The van der Waals surface area contributed by atoms with Crippen LogP contribution in [-0.4, -0.2) is 33.1 Å². The summed E-state index contributed by atoms with van der Waals surface area (Å²) in [5, 5.41) is 15.4. The highest BCUT2D eigenvalue weighted by molar-refractivity contribution is 6.32. The highest BCUT2D eigenvalue weighted by atomic mass is 35.5. The Labute approximate surface area is 161 Å². The molecule has 8 nitrogen and oxygen atoms in total. The maximum Gasteiger partial charge on any atom is 0.343 e. The van der Waals surface area contributed by atoms with Gasteiger partial charge in [-0.05, 0) is 20.3 Å². The van der Waals surface area contributed by atoms with Crippen molar-refractivity contribution in [2.24, 2.45) is 0 Å². The van der Waals surface area contributed by atoms with Crippen molar-refractivity contribution in [2.75, 3.05) is 6.61 Å². The number of esters is 1. The molecular weight excluding hydrogens is 374 g/mol. The zero-order valence-electron chi connectivity index (χ0n) is 15.3. The summed E-state index contributed by atoms with van der Waals surface area (Å²) >= 11 is 6.21. The number of carbonyl (C=O) groups excluding carboxylic acids is 2. The number of ether oxygens (including phenoxy) is 1. The van der Waals surface area contributed by atoms with Gasteiger partial charge in [-0.3, -0.25) is 19.6 Å². The lowest BCUT2D eigenvalue weighted by atomic mass is 10.1. The molecule has 0 bridgehead atoms. The van der Waals surface area contributed by atoms with Crippen molar-refractivity contribution in [3.63, 3.8) is 0 Å². The van der Waals surface area contributed by atoms with E-state index in [1.54, 1.807) is 13.8 Å². The smallest absolute Gasteiger partial charge is 0.343 e. The standard InChI is InChI=1S/C18H20ClN3O5/c1-4-5-8-21-17(19)16(12(3)20-21)18(24)27-10-15(23)13-7-6-11(2)14(9-13)22(25)26/h6-7,9H,4-5,8,10H2,1-3H3. The van der Waals surface area contributed by atoms with E-state index < -0.39 is 23.3 Å². The van der Waals surface area contributed by atoms with Crippen molar-refractivity contribution < 1.29 is 19.2 Å². The van der Waals surface area contributed by atoms with Gasteiger partial charge in [0.15, 0.2) is 6.61 Å². The van der Waals surface area contributed by atoms with Gasteiger partial charge >= 0.3 is 5.97 Å². The maximum atomic E-state index is 12.3. The summed E-state index contributed by atoms with van der Waals surface area (Å²) < 4.78 is 6.59. The number of aromatic nitrogens is 2. The molecule has 1 heterocycles. The van der Waals surface area contributed by atoms with Gasteiger partial charge in [0.2, 0.25) is 5.78 Å². The highest BCUT2D eigenvalue weighted by Gasteiger charge is 2.23. The highest BCUT2D eigenvalue weighted by Crippen LogP contribution is 2.22. The number of Topliss-reactive ketones (excluding diaryl/α,β-unsaturated/α-hetero) is 1. The molecule has 0 saturated carbocycles. The second kappa shape index (κ2) is 8.77. The number of carbonyl (C=O) groups is 2. The zero-order valence-corrected chi connectivity index (χ0v) is 16.1. The van der Waals surface area contributed by atoms with Crippen LogP contribution in [0.5, 0.6) is 0 Å². The van der Waals surface area contributed by atoms with Crippen molar-refractivity contribution in [1.29, 1.82) is 0 Å². The third kappa shape index (κ3) is 4.71. The lowest BCUT2D eigenvalue weighted by molar-refractivity contribution is -0.385. The summed E-state index contributed by atoms with van der Waals surface area (Å²) in [5.41, 5.74) is 0.912. The Hall–Kier alpha value is -2.74. The molecule has 0 radical (unpaired) electrons. The number of ketones is 1. The monoisotopic (exact) mass is 393 g/mol. The number of hydrogen-bond acceptors (Lipinski definition) is 6. The van der Waals surface area contributed by atoms with Gasteiger partial charge in [-0.2, -0.15) is 5.10 Å². The fourth-order valence-corrected chi connectivity index (χ4v) is 2.84. The molecule has 0 amide bonds. The van der Waals surface area contributed by atoms with Crippen molar-refractivity contribution in [3.05, 3.63) is 55.9 Å². The number of unbranched alkanes of at least 4 members (excludes halogenated alkanes) is 1. The third-order valence-corrected chi connectivity index (χ3v) is 4.44. The Bertz CT molecular complexity index is 891. The maximum absolute atomic E-state index is 12.3. The summed E-state index contributed by atoms with van der Waals surface area (Å²) in [6.45, 7) is 5.27. The molecule has 0 atom stereocenters. The largest absolute Gasteiger partial charge is 0.454 e. The Kier molecular flexibility index (Phi) is 6.68. The topological polar surface area (TPSA) is 104 Å². The summed E-state index contributed by atoms with van der Waals surface area (Å²) in [6.07, 6.45) is 1.81. The molecule has 0 saturated heterocycles. The molecule has 0 aliphatic rings. The lowest BCUT2D eigenvalue weighted by Gasteiger charge is -2.06. The van der Waals surface area contributed by atoms with Gasteiger partial charge in [0.25, 0.3) is 5.69 Å². The van der Waals surface area contributed by atoms with E-state index in [1.807, 2.05) is 6.92 Å². The molecule has 1 aromatic carbocycles. The van der Waals surface area contributed by atoms with Gasteiger partial charge in [0, 0.05) is 23.7 Å². The molecule has 9 heteroatoms. The van der Waals surface area contributed by atoms with Crippen LogP contribution in [0.3, 0.4) is 0 Å². The fraction of sp³-hybridized carbons (Fsp3) is 0.389. The lowest BCUT2D eigenvalue weighted by Crippen LogP contribution is -2.15. The van der Waals surface area contributed by atoms with Crippen LogP contribution in [0.25, 0.3) is 0 Å². The first-order chi connectivity index (χ1) is 12.8. The molecular formula is C18H20ClN3O5. The molecule has 2 rings (SSSR count). The molecule has 0 aliphatic carbocycles. The van der Waals surface area contributed by atoms with E-state index in [4.69, 9.17) is 16.3 Å². The van der Waals surface area contributed by atoms with Gasteiger partial charge < -0.3 is 4.74 Å². The molecule has 0 N–H and O–H groups in total. The fourth-order valence-electron chi connectivity index (χ4n) is 2.51. The van der Waals surface area contributed by atoms with Crippen molar-refractivity contribution >= 4 is 29.0 Å². The van der Waals surface area contributed by atoms with E-state index in [0.29, 0.717) is 17.8 Å². The minimum atomic E-state index is -0.754. The van der Waals surface area contributed by atoms with E-state index >= 15 is 0 Å². The van der Waals surface area contributed by atoms with Crippen LogP contribution in [0.4, 0.5) is 5.69 Å². The van der Waals surface area contributed by atoms with Gasteiger partial charge in [0.1, 0.15) is 10.7 Å². The van der Waals surface area contributed by atoms with Crippen LogP contribution < -0.4 is 0 Å². The first kappa shape index (κ1) is 20.6. The third-order valence-electron chi connectivity index (χ3n) is 4.06. The number of aryl methyl sites for hydroxylation is 3. The molecule has 0 spiro atoms. The Morgan fingerprint density at radius 2 is 2.04 bits per heavy atom. The molecule has 0 fully saturated rings. The number of nitro benzene ring substituents is 1. The van der Waals surface area contributed by atoms with Gasteiger partial charge in [0.05, 0.1) is 10.6 Å². The summed E-state index contributed by atoms with van der Waals surface area (Å²) in [5.74, 6) is -1.30. The Balaban J connectivity index is 2.10. The summed E-state index contributed by atoms with van der Waals surface area (Å²) in [7, 11) is 0. The number of nitro groups is 1. The quantitative estimate of drug-likeness (QED) is 0.291. The van der Waals surface area contributed by atoms with Crippen LogP contribution in [-0.2, 0) is 11.3 Å². The minimum absolute atomic E-state index is 0.0987. The van der Waals surface area contributed by atoms with E-state index in [1.165, 1.54) is 22.9 Å². The number of hydrogen-bond donors (Lipinski definition) is 0. The number of rotatable bonds is 8. The Morgan fingerprint density at radius 3 is 2.67 bits per heavy atom. The molecule has 27 heavy (non-hydrogen) atoms. The summed E-state index contributed by atoms with van der Waals surface area (Å²) in [4.78, 5) is 35.0. The zero-order chi connectivity index (χ0) is 20.1. The summed E-state index contributed by atoms with van der Waals surface area (Å²) in [6, 6.07) is 4.11. The van der Waals surface area contributed by atoms with Crippen LogP contribution >= 0.6 is 11.6 Å². The minimum Gasteiger partial charge on any atom is -0.454 e. The first-order valence-electron chi connectivity index (χ1n) is 8.44. The van der Waals surface area contributed by atoms with Crippen LogP contribution in [0.1, 0.15) is 51.7 Å². The van der Waals surface area contributed by atoms with E-state index in [2.05, 4.69) is 5.10 Å². The van der Waals surface area contributed by atoms with Gasteiger partial charge in [-0.15, -0.1) is 0 Å². The predicted octanol–water partition coefficient (Wildman–Crippen LogP) is 3.90. The number of halogens is 1. The molecule has 0 unspecified atom stereocenters. The number of nitrogens with zero attached hydrogens (tertiary/aromatic N) is 3. The normalized spacial score (nSPS) is 10.7. The molecule has 2 aromatic rings. The SMILES string of the molecule is CCCCn1nc(C)c(C(=O)OCC(=O)c2ccc(C)c([N+](=O)[O-])c2)c1Cl. The van der Waals surface area contributed by atoms with Crippen LogP contribution in [0.2, 0.25) is 5.15 Å². The molecule has 1 aromatic heterocycles. The average Bonchev–Trinajstić information content (AvgIpc) is 2.91. The van der Waals surface area contributed by atoms with Gasteiger partial charge in [-0.1, -0.05) is 37.1 Å². The van der Waals surface area contributed by atoms with Crippen molar-refractivity contribution in [3.8, 4) is 0 Å². The molecule has 0 aliphatic heterocycles. The first-order valence-corrected chi connectivity index (χ1v) is 8.82. The second-order valence-electron chi connectivity index (χ2n) is 6.09. The number of benzene rings is 1.